The van der Waals surface area contributed by atoms with Crippen molar-refractivity contribution < 1.29 is 23.6 Å². The van der Waals surface area contributed by atoms with Gasteiger partial charge in [-0.05, 0) is 63.3 Å². The number of rotatable bonds is 10. The van der Waals surface area contributed by atoms with Crippen LogP contribution in [0.2, 0.25) is 0 Å². The molecule has 1 spiro atoms. The van der Waals surface area contributed by atoms with E-state index >= 15 is 0 Å². The largest absolute Gasteiger partial charge is 0.390 e. The summed E-state index contributed by atoms with van der Waals surface area (Å²) in [5.74, 6) is -0.450. The van der Waals surface area contributed by atoms with Gasteiger partial charge in [-0.2, -0.15) is 5.10 Å². The molecule has 2 aromatic rings. The maximum absolute atomic E-state index is 13.6. The normalized spacial score (nSPS) is 22.9. The van der Waals surface area contributed by atoms with E-state index < -0.39 is 28.7 Å². The zero-order valence-corrected chi connectivity index (χ0v) is 27.6. The van der Waals surface area contributed by atoms with E-state index in [0.717, 1.165) is 40.4 Å². The molecule has 0 aliphatic carbocycles. The highest BCUT2D eigenvalue weighted by molar-refractivity contribution is 7.82. The van der Waals surface area contributed by atoms with Gasteiger partial charge in [0.1, 0.15) is 22.6 Å². The molecular weight excluding hydrogens is 580 g/mol. The van der Waals surface area contributed by atoms with Crippen molar-refractivity contribution in [1.82, 2.24) is 29.2 Å². The number of morpholine rings is 1. The number of nitrogens with one attached hydrogen (secondary N) is 1. The molecule has 4 heterocycles. The smallest absolute Gasteiger partial charge is 0.248 e. The number of likely N-dealkylation sites (tertiary alicyclic amines) is 1. The van der Waals surface area contributed by atoms with Crippen LogP contribution < -0.4 is 5.32 Å². The van der Waals surface area contributed by atoms with Crippen LogP contribution in [0.1, 0.15) is 63.4 Å². The van der Waals surface area contributed by atoms with Gasteiger partial charge < -0.3 is 20.1 Å². The summed E-state index contributed by atoms with van der Waals surface area (Å²) in [5.41, 5.74) is 3.18. The molecule has 1 aromatic heterocycles. The second kappa shape index (κ2) is 13.8. The fraction of sp³-hybridized carbons (Fsp3) is 0.656. The van der Waals surface area contributed by atoms with Gasteiger partial charge in [0.05, 0.1) is 35.6 Å². The predicted molar refractivity (Wildman–Crippen MR) is 168 cm³/mol. The topological polar surface area (TPSA) is 120 Å². The highest BCUT2D eigenvalue weighted by Gasteiger charge is 2.54. The van der Waals surface area contributed by atoms with E-state index in [1.807, 2.05) is 54.0 Å². The third kappa shape index (κ3) is 6.37. The molecule has 2 amide bonds. The monoisotopic (exact) mass is 628 g/mol. The van der Waals surface area contributed by atoms with Gasteiger partial charge in [-0.1, -0.05) is 27.2 Å². The second-order valence-corrected chi connectivity index (χ2v) is 14.2. The molecule has 12 heteroatoms. The standard InChI is InChI=1S/C32H48N6O5S/c1-6-7-14-37-30(40)28(29(39)22(2)3)33-31(41)32(37)12-15-35(16-13-32)21-27-23(4)34-38(24(27)5)25-8-10-26(11-9-25)44(42)36-17-19-43-20-18-36/h8-11,22,28-29,39H,6-7,12-21H2,1-5H3,(H,33,41)/t28-,29-,44?/m1/s1. The minimum absolute atomic E-state index is 0.141. The van der Waals surface area contributed by atoms with Crippen LogP contribution in [-0.4, -0.2) is 109 Å². The molecule has 11 nitrogen and oxygen atoms in total. The van der Waals surface area contributed by atoms with E-state index in [0.29, 0.717) is 65.3 Å². The Morgan fingerprint density at radius 2 is 1.75 bits per heavy atom. The van der Waals surface area contributed by atoms with Crippen molar-refractivity contribution in [2.24, 2.45) is 5.92 Å². The van der Waals surface area contributed by atoms with Crippen LogP contribution in [0.4, 0.5) is 0 Å². The molecule has 0 bridgehead atoms. The number of nitrogens with zero attached hydrogens (tertiary/aromatic N) is 5. The number of hydrogen-bond donors (Lipinski definition) is 2. The second-order valence-electron chi connectivity index (χ2n) is 12.7. The summed E-state index contributed by atoms with van der Waals surface area (Å²) in [6.07, 6.45) is 1.91. The molecule has 3 fully saturated rings. The zero-order chi connectivity index (χ0) is 31.6. The number of ether oxygens (including phenoxy) is 1. The summed E-state index contributed by atoms with van der Waals surface area (Å²) in [4.78, 5) is 32.2. The number of carbonyl (C=O) groups is 2. The van der Waals surface area contributed by atoms with Crippen molar-refractivity contribution in [3.63, 3.8) is 0 Å². The minimum atomic E-state index is -1.21. The number of hydrogen-bond acceptors (Lipinski definition) is 7. The highest BCUT2D eigenvalue weighted by Crippen LogP contribution is 2.35. The maximum atomic E-state index is 13.6. The summed E-state index contributed by atoms with van der Waals surface area (Å²) < 4.78 is 22.3. The van der Waals surface area contributed by atoms with E-state index in [-0.39, 0.29) is 17.7 Å². The molecule has 242 valence electrons. The molecule has 3 aliphatic rings. The number of amides is 2. The summed E-state index contributed by atoms with van der Waals surface area (Å²) in [6.45, 7) is 15.0. The fourth-order valence-corrected chi connectivity index (χ4v) is 7.77. The Labute approximate surface area is 263 Å². The van der Waals surface area contributed by atoms with Crippen molar-refractivity contribution in [2.45, 2.75) is 89.4 Å². The van der Waals surface area contributed by atoms with E-state index in [1.165, 1.54) is 0 Å². The molecule has 0 saturated carbocycles. The Morgan fingerprint density at radius 1 is 1.09 bits per heavy atom. The lowest BCUT2D eigenvalue weighted by molar-refractivity contribution is -0.165. The first-order valence-electron chi connectivity index (χ1n) is 16.0. The fourth-order valence-electron chi connectivity index (χ4n) is 6.62. The SMILES string of the molecule is CCCCN1C(=O)[C@@H]([C@H](O)C(C)C)NC(=O)C12CCN(Cc1c(C)nn(-c3ccc(S(=O)N4CCOCC4)cc3)c1C)CC2. The van der Waals surface area contributed by atoms with Crippen molar-refractivity contribution in [2.75, 3.05) is 45.9 Å². The van der Waals surface area contributed by atoms with E-state index in [2.05, 4.69) is 24.1 Å². The van der Waals surface area contributed by atoms with Crippen LogP contribution in [0.5, 0.6) is 0 Å². The van der Waals surface area contributed by atoms with E-state index in [9.17, 15) is 18.9 Å². The molecule has 1 unspecified atom stereocenters. The molecule has 3 aliphatic heterocycles. The number of carbonyl (C=O) groups excluding carboxylic acids is 2. The number of piperazine rings is 1. The number of piperidine rings is 1. The highest BCUT2D eigenvalue weighted by atomic mass is 32.2. The van der Waals surface area contributed by atoms with Gasteiger partial charge in [-0.3, -0.25) is 14.5 Å². The number of unbranched alkanes of at least 4 members (excludes halogenated alkanes) is 1. The zero-order valence-electron chi connectivity index (χ0n) is 26.8. The Hall–Kier alpha value is -2.64. The number of benzene rings is 1. The first kappa shape index (κ1) is 32.7. The van der Waals surface area contributed by atoms with E-state index in [1.54, 1.807) is 4.90 Å². The molecule has 2 N–H and O–H groups in total. The lowest BCUT2D eigenvalue weighted by atomic mass is 9.80. The summed E-state index contributed by atoms with van der Waals surface area (Å²) in [6, 6.07) is 6.86. The van der Waals surface area contributed by atoms with Gasteiger partial charge in [0.15, 0.2) is 0 Å². The molecular formula is C32H48N6O5S. The van der Waals surface area contributed by atoms with Crippen molar-refractivity contribution in [1.29, 1.82) is 0 Å². The molecule has 3 saturated heterocycles. The number of aliphatic hydroxyl groups is 1. The average molecular weight is 629 g/mol. The van der Waals surface area contributed by atoms with Gasteiger partial charge in [-0.25, -0.2) is 13.2 Å². The summed E-state index contributed by atoms with van der Waals surface area (Å²) >= 11 is 0. The van der Waals surface area contributed by atoms with Crippen LogP contribution in [-0.2, 0) is 31.9 Å². The van der Waals surface area contributed by atoms with Crippen molar-refractivity contribution in [3.05, 3.63) is 41.2 Å². The van der Waals surface area contributed by atoms with Gasteiger partial charge >= 0.3 is 0 Å². The molecule has 44 heavy (non-hydrogen) atoms. The first-order valence-corrected chi connectivity index (χ1v) is 17.1. The molecule has 1 aromatic carbocycles. The maximum Gasteiger partial charge on any atom is 0.248 e. The van der Waals surface area contributed by atoms with Crippen LogP contribution in [0.25, 0.3) is 5.69 Å². The van der Waals surface area contributed by atoms with Crippen LogP contribution >= 0.6 is 0 Å². The van der Waals surface area contributed by atoms with Gasteiger partial charge in [0, 0.05) is 50.5 Å². The van der Waals surface area contributed by atoms with Gasteiger partial charge in [0.25, 0.3) is 0 Å². The Balaban J connectivity index is 1.27. The lowest BCUT2D eigenvalue weighted by Gasteiger charge is -2.52. The van der Waals surface area contributed by atoms with Gasteiger partial charge in [0.2, 0.25) is 11.8 Å². The predicted octanol–water partition coefficient (Wildman–Crippen LogP) is 2.32. The van der Waals surface area contributed by atoms with Gasteiger partial charge in [-0.15, -0.1) is 0 Å². The Morgan fingerprint density at radius 3 is 2.36 bits per heavy atom. The quantitative estimate of drug-likeness (QED) is 0.415. The number of aryl methyl sites for hydroxylation is 1. The summed E-state index contributed by atoms with van der Waals surface area (Å²) in [7, 11) is -1.21. The third-order valence-electron chi connectivity index (χ3n) is 9.51. The third-order valence-corrected chi connectivity index (χ3v) is 11.0. The van der Waals surface area contributed by atoms with Crippen molar-refractivity contribution in [3.8, 4) is 5.69 Å². The molecule has 5 rings (SSSR count). The van der Waals surface area contributed by atoms with Crippen LogP contribution in [0.15, 0.2) is 29.2 Å². The molecule has 0 radical (unpaired) electrons. The lowest BCUT2D eigenvalue weighted by Crippen LogP contribution is -2.74. The number of aromatic nitrogens is 2. The van der Waals surface area contributed by atoms with Crippen LogP contribution in [0.3, 0.4) is 0 Å². The Kier molecular flexibility index (Phi) is 10.3. The van der Waals surface area contributed by atoms with E-state index in [4.69, 9.17) is 9.84 Å². The molecule has 3 atom stereocenters. The Bertz CT molecular complexity index is 1350. The number of aliphatic hydroxyl groups excluding tert-OH is 1. The first-order chi connectivity index (χ1) is 21.1. The summed E-state index contributed by atoms with van der Waals surface area (Å²) in [5, 5.41) is 18.5. The average Bonchev–Trinajstić information content (AvgIpc) is 3.31. The van der Waals surface area contributed by atoms with Crippen LogP contribution in [0, 0.1) is 19.8 Å². The minimum Gasteiger partial charge on any atom is -0.390 e. The van der Waals surface area contributed by atoms with Crippen molar-refractivity contribution >= 4 is 22.8 Å².